The Hall–Kier alpha value is -3.48. The monoisotopic (exact) mass is 441 g/mol. The Kier molecular flexibility index (Phi) is 4.65. The van der Waals surface area contributed by atoms with E-state index in [2.05, 4.69) is 5.32 Å². The largest absolute Gasteiger partial charge is 0.454 e. The minimum absolute atomic E-state index is 0. The van der Waals surface area contributed by atoms with Gasteiger partial charge in [0, 0.05) is 7.11 Å². The van der Waals surface area contributed by atoms with Crippen molar-refractivity contribution >= 4 is 11.6 Å². The number of amides is 1. The second-order valence-electron chi connectivity index (χ2n) is 8.23. The van der Waals surface area contributed by atoms with Gasteiger partial charge in [-0.25, -0.2) is 0 Å². The van der Waals surface area contributed by atoms with Crippen LogP contribution < -0.4 is 14.8 Å². The normalized spacial score (nSPS) is 16.0. The van der Waals surface area contributed by atoms with E-state index in [1.807, 2.05) is 19.1 Å². The zero-order valence-corrected chi connectivity index (χ0v) is 17.3. The van der Waals surface area contributed by atoms with Crippen molar-refractivity contribution in [2.45, 2.75) is 31.4 Å². The number of hydrogen-bond acceptors (Lipinski definition) is 3. The highest BCUT2D eigenvalue weighted by molar-refractivity contribution is 6.01. The van der Waals surface area contributed by atoms with Crippen molar-refractivity contribution in [3.05, 3.63) is 77.4 Å². The molecule has 1 N–H and O–H groups in total. The molecule has 1 aliphatic heterocycles. The van der Waals surface area contributed by atoms with Gasteiger partial charge in [0.15, 0.2) is 11.5 Å². The summed E-state index contributed by atoms with van der Waals surface area (Å²) in [6.45, 7) is 1.96. The summed E-state index contributed by atoms with van der Waals surface area (Å²) in [5, 5.41) is 2.70. The zero-order chi connectivity index (χ0) is 22.5. The van der Waals surface area contributed by atoms with E-state index < -0.39 is 17.2 Å². The summed E-state index contributed by atoms with van der Waals surface area (Å²) in [5.74, 6) is 0.864. The van der Waals surface area contributed by atoms with Gasteiger partial charge in [0.05, 0.1) is 11.0 Å². The lowest BCUT2D eigenvalue weighted by Gasteiger charge is -2.19. The van der Waals surface area contributed by atoms with Gasteiger partial charge in [-0.05, 0) is 60.7 Å². The van der Waals surface area contributed by atoms with Crippen molar-refractivity contribution in [2.24, 2.45) is 0 Å². The van der Waals surface area contributed by atoms with Gasteiger partial charge in [-0.2, -0.15) is 13.2 Å². The lowest BCUT2D eigenvalue weighted by atomic mass is 9.94. The summed E-state index contributed by atoms with van der Waals surface area (Å²) in [7, 11) is 0. The highest BCUT2D eigenvalue weighted by Crippen LogP contribution is 2.51. The highest BCUT2D eigenvalue weighted by atomic mass is 19.4. The third-order valence-corrected chi connectivity index (χ3v) is 6.02. The number of hydrogen-bond donors (Lipinski definition) is 1. The van der Waals surface area contributed by atoms with Crippen LogP contribution in [0.2, 0.25) is 0 Å². The topological polar surface area (TPSA) is 47.6 Å². The number of rotatable bonds is 4. The second kappa shape index (κ2) is 7.29. The van der Waals surface area contributed by atoms with Crippen molar-refractivity contribution in [3.63, 3.8) is 0 Å². The smallest absolute Gasteiger partial charge is 0.417 e. The Labute approximate surface area is 184 Å². The van der Waals surface area contributed by atoms with E-state index in [0.29, 0.717) is 29.9 Å². The van der Waals surface area contributed by atoms with Crippen LogP contribution in [0, 0.1) is 6.92 Å². The SMILES string of the molecule is Cc1cccc(-c2ccc(NC(=O)C3(c4ccc5c(c4)OCO5)CC3)cc2C(F)(F)F)c1.[HH]. The lowest BCUT2D eigenvalue weighted by Crippen LogP contribution is -2.28. The van der Waals surface area contributed by atoms with Gasteiger partial charge in [0.2, 0.25) is 12.7 Å². The number of ether oxygens (including phenoxy) is 2. The summed E-state index contributed by atoms with van der Waals surface area (Å²) < 4.78 is 52.3. The highest BCUT2D eigenvalue weighted by Gasteiger charge is 2.51. The first kappa shape index (κ1) is 20.4. The molecule has 0 saturated heterocycles. The van der Waals surface area contributed by atoms with Crippen molar-refractivity contribution in [2.75, 3.05) is 12.1 Å². The van der Waals surface area contributed by atoms with Crippen LogP contribution in [0.15, 0.2) is 60.7 Å². The van der Waals surface area contributed by atoms with Crippen LogP contribution in [0.3, 0.4) is 0 Å². The molecule has 1 heterocycles. The van der Waals surface area contributed by atoms with Crippen LogP contribution in [-0.2, 0) is 16.4 Å². The first-order valence-electron chi connectivity index (χ1n) is 10.3. The van der Waals surface area contributed by atoms with E-state index in [0.717, 1.165) is 17.2 Å². The van der Waals surface area contributed by atoms with Crippen LogP contribution in [0.4, 0.5) is 18.9 Å². The predicted molar refractivity (Wildman–Crippen MR) is 116 cm³/mol. The first-order valence-corrected chi connectivity index (χ1v) is 10.3. The predicted octanol–water partition coefficient (Wildman–Crippen LogP) is 6.33. The number of halogens is 3. The molecule has 166 valence electrons. The van der Waals surface area contributed by atoms with E-state index in [1.54, 1.807) is 30.3 Å². The van der Waals surface area contributed by atoms with Crippen LogP contribution >= 0.6 is 0 Å². The lowest BCUT2D eigenvalue weighted by molar-refractivity contribution is -0.137. The van der Waals surface area contributed by atoms with E-state index in [1.165, 1.54) is 12.1 Å². The van der Waals surface area contributed by atoms with E-state index in [-0.39, 0.29) is 25.4 Å². The van der Waals surface area contributed by atoms with Crippen molar-refractivity contribution < 1.29 is 28.9 Å². The van der Waals surface area contributed by atoms with Crippen LogP contribution in [0.5, 0.6) is 11.5 Å². The number of carbonyl (C=O) groups excluding carboxylic acids is 1. The van der Waals surface area contributed by atoms with Gasteiger partial charge < -0.3 is 14.8 Å². The van der Waals surface area contributed by atoms with Gasteiger partial charge in [0.1, 0.15) is 0 Å². The van der Waals surface area contributed by atoms with E-state index in [4.69, 9.17) is 9.47 Å². The Morgan fingerprint density at radius 2 is 1.78 bits per heavy atom. The second-order valence-corrected chi connectivity index (χ2v) is 8.23. The molecule has 3 aromatic rings. The average molecular weight is 441 g/mol. The molecule has 3 aromatic carbocycles. The van der Waals surface area contributed by atoms with E-state index in [9.17, 15) is 18.0 Å². The first-order chi connectivity index (χ1) is 15.3. The minimum Gasteiger partial charge on any atom is -0.454 e. The Morgan fingerprint density at radius 1 is 1.00 bits per heavy atom. The van der Waals surface area contributed by atoms with Crippen molar-refractivity contribution in [3.8, 4) is 22.6 Å². The summed E-state index contributed by atoms with van der Waals surface area (Å²) >= 11 is 0. The average Bonchev–Trinajstić information content (AvgIpc) is 3.44. The summed E-state index contributed by atoms with van der Waals surface area (Å²) in [4.78, 5) is 13.1. The van der Waals surface area contributed by atoms with Crippen molar-refractivity contribution in [1.29, 1.82) is 0 Å². The molecule has 7 heteroatoms. The molecule has 4 nitrogen and oxygen atoms in total. The maximum Gasteiger partial charge on any atom is 0.417 e. The van der Waals surface area contributed by atoms with Crippen LogP contribution in [-0.4, -0.2) is 12.7 Å². The molecule has 0 atom stereocenters. The Bertz CT molecular complexity index is 1220. The molecule has 0 unspecified atom stereocenters. The number of fused-ring (bicyclic) bond motifs is 1. The standard InChI is InChI=1S/C25H20F3NO3.H2/c1-15-3-2-4-16(11-15)19-7-6-18(13-20(19)25(26,27)28)29-23(30)24(9-10-24)17-5-8-21-22(12-17)32-14-31-21;/h2-8,11-13H,9-10,14H2,1H3,(H,29,30);1H. The van der Waals surface area contributed by atoms with Crippen LogP contribution in [0.25, 0.3) is 11.1 Å². The number of anilines is 1. The molecule has 0 spiro atoms. The van der Waals surface area contributed by atoms with E-state index >= 15 is 0 Å². The molecule has 1 aliphatic carbocycles. The van der Waals surface area contributed by atoms with Gasteiger partial charge in [-0.15, -0.1) is 0 Å². The number of nitrogens with one attached hydrogen (secondary N) is 1. The summed E-state index contributed by atoms with van der Waals surface area (Å²) in [6.07, 6.45) is -3.33. The van der Waals surface area contributed by atoms with Gasteiger partial charge in [-0.1, -0.05) is 42.0 Å². The Balaban J connectivity index is 0.00000259. The molecular weight excluding hydrogens is 419 g/mol. The van der Waals surface area contributed by atoms with Gasteiger partial charge in [-0.3, -0.25) is 4.79 Å². The number of aryl methyl sites for hydroxylation is 1. The third-order valence-electron chi connectivity index (χ3n) is 6.02. The van der Waals surface area contributed by atoms with Crippen LogP contribution in [0.1, 0.15) is 31.0 Å². The number of carbonyl (C=O) groups is 1. The third kappa shape index (κ3) is 3.57. The minimum atomic E-state index is -4.56. The molecule has 5 rings (SSSR count). The maximum absolute atomic E-state index is 13.9. The zero-order valence-electron chi connectivity index (χ0n) is 17.3. The molecule has 0 radical (unpaired) electrons. The summed E-state index contributed by atoms with van der Waals surface area (Å²) in [6, 6.07) is 16.2. The molecule has 32 heavy (non-hydrogen) atoms. The fourth-order valence-electron chi connectivity index (χ4n) is 4.14. The molecule has 1 fully saturated rings. The molecule has 1 amide bonds. The maximum atomic E-state index is 13.9. The molecule has 2 aliphatic rings. The molecule has 0 bridgehead atoms. The van der Waals surface area contributed by atoms with Gasteiger partial charge >= 0.3 is 6.18 Å². The fraction of sp³-hybridized carbons (Fsp3) is 0.240. The number of alkyl halides is 3. The molecule has 1 saturated carbocycles. The van der Waals surface area contributed by atoms with Crippen molar-refractivity contribution in [1.82, 2.24) is 0 Å². The fourth-order valence-corrected chi connectivity index (χ4v) is 4.14. The summed E-state index contributed by atoms with van der Waals surface area (Å²) in [5.41, 5.74) is 0.762. The van der Waals surface area contributed by atoms with Gasteiger partial charge in [0.25, 0.3) is 0 Å². The Morgan fingerprint density at radius 3 is 2.50 bits per heavy atom. The number of benzene rings is 3. The quantitative estimate of drug-likeness (QED) is 0.515. The molecule has 0 aromatic heterocycles. The molecular formula is C25H22F3NO3.